The minimum absolute atomic E-state index is 0.125. The lowest BCUT2D eigenvalue weighted by Crippen LogP contribution is -2.61. The van der Waals surface area contributed by atoms with E-state index in [0.29, 0.717) is 53.2 Å². The van der Waals surface area contributed by atoms with Crippen LogP contribution in [0.3, 0.4) is 0 Å². The minimum atomic E-state index is -0.310. The van der Waals surface area contributed by atoms with E-state index in [1.54, 1.807) is 6.07 Å². The van der Waals surface area contributed by atoms with Crippen LogP contribution in [0.5, 0.6) is 11.5 Å². The van der Waals surface area contributed by atoms with Crippen LogP contribution in [-0.2, 0) is 17.7 Å². The van der Waals surface area contributed by atoms with E-state index >= 15 is 0 Å². The molecule has 5 heterocycles. The monoisotopic (exact) mass is 467 g/mol. The molecule has 7 rings (SSSR count). The number of fused-ring (bicyclic) bond motifs is 5. The number of pyridine rings is 2. The van der Waals surface area contributed by atoms with Crippen LogP contribution in [0.25, 0.3) is 11.0 Å². The molecule has 2 bridgehead atoms. The highest BCUT2D eigenvalue weighted by molar-refractivity contribution is 5.77. The summed E-state index contributed by atoms with van der Waals surface area (Å²) in [6, 6.07) is 6.88. The van der Waals surface area contributed by atoms with E-state index in [0.717, 1.165) is 37.8 Å². The van der Waals surface area contributed by atoms with E-state index in [2.05, 4.69) is 15.3 Å². The maximum atomic E-state index is 14.7. The van der Waals surface area contributed by atoms with Crippen LogP contribution in [0.4, 0.5) is 8.78 Å². The van der Waals surface area contributed by atoms with Crippen LogP contribution in [0.2, 0.25) is 0 Å². The summed E-state index contributed by atoms with van der Waals surface area (Å²) in [5, 5.41) is 3.56. The average molecular weight is 468 g/mol. The number of nitrogens with zero attached hydrogens (tertiary/aromatic N) is 2. The number of aromatic nitrogens is 2. The van der Waals surface area contributed by atoms with Crippen molar-refractivity contribution in [1.29, 1.82) is 0 Å². The molecule has 3 aliphatic heterocycles. The second-order valence-electron chi connectivity index (χ2n) is 9.81. The van der Waals surface area contributed by atoms with Crippen LogP contribution >= 0.6 is 0 Å². The van der Waals surface area contributed by atoms with Crippen molar-refractivity contribution < 1.29 is 23.0 Å². The van der Waals surface area contributed by atoms with Gasteiger partial charge in [0.15, 0.2) is 11.5 Å². The summed E-state index contributed by atoms with van der Waals surface area (Å²) in [7, 11) is 0. The molecule has 2 saturated heterocycles. The molecule has 3 fully saturated rings. The standard InChI is InChI=1S/C26H27F2N3O3/c1-16-2-3-21-24(31-16)18(20(28)13-29-21)4-5-26-8-6-25(7-9-26,14-34-26)30-12-17-10-22-23(11-19(17)27)33-15-32-22/h2-3,10-11,13,30H,4-9,12,14-15H2,1H3. The third-order valence-corrected chi connectivity index (χ3v) is 7.70. The van der Waals surface area contributed by atoms with Gasteiger partial charge in [0.25, 0.3) is 0 Å². The first-order valence-electron chi connectivity index (χ1n) is 11.8. The van der Waals surface area contributed by atoms with E-state index in [9.17, 15) is 8.78 Å². The molecule has 0 amide bonds. The van der Waals surface area contributed by atoms with Crippen molar-refractivity contribution in [2.45, 2.75) is 63.1 Å². The minimum Gasteiger partial charge on any atom is -0.454 e. The Balaban J connectivity index is 1.12. The molecule has 0 spiro atoms. The lowest BCUT2D eigenvalue weighted by Gasteiger charge is -2.53. The van der Waals surface area contributed by atoms with Gasteiger partial charge in [-0.1, -0.05) is 0 Å². The molecule has 6 nitrogen and oxygen atoms in total. The Bertz CT molecular complexity index is 1240. The van der Waals surface area contributed by atoms with Crippen LogP contribution in [0, 0.1) is 18.6 Å². The predicted octanol–water partition coefficient (Wildman–Crippen LogP) is 4.75. The summed E-state index contributed by atoms with van der Waals surface area (Å²) in [4.78, 5) is 8.73. The molecule has 1 saturated carbocycles. The zero-order valence-corrected chi connectivity index (χ0v) is 19.1. The number of rotatable bonds is 6. The maximum absolute atomic E-state index is 14.7. The smallest absolute Gasteiger partial charge is 0.231 e. The fraction of sp³-hybridized carbons (Fsp3) is 0.462. The Morgan fingerprint density at radius 1 is 1.03 bits per heavy atom. The quantitative estimate of drug-likeness (QED) is 0.565. The zero-order chi connectivity index (χ0) is 23.3. The Kier molecular flexibility index (Phi) is 5.18. The number of benzene rings is 1. The van der Waals surface area contributed by atoms with Gasteiger partial charge in [-0.2, -0.15) is 0 Å². The van der Waals surface area contributed by atoms with Gasteiger partial charge in [0.05, 0.1) is 29.4 Å². The Labute approximate surface area is 196 Å². The summed E-state index contributed by atoms with van der Waals surface area (Å²) in [5.74, 6) is 0.423. The average Bonchev–Trinajstić information content (AvgIpc) is 3.30. The normalized spacial score (nSPS) is 25.3. The van der Waals surface area contributed by atoms with Gasteiger partial charge in [0.1, 0.15) is 11.6 Å². The Hall–Kier alpha value is -2.84. The number of nitrogens with one attached hydrogen (secondary N) is 1. The zero-order valence-electron chi connectivity index (χ0n) is 19.1. The van der Waals surface area contributed by atoms with Crippen molar-refractivity contribution in [3.05, 3.63) is 58.9 Å². The Morgan fingerprint density at radius 2 is 1.82 bits per heavy atom. The van der Waals surface area contributed by atoms with E-state index in [1.807, 2.05) is 19.1 Å². The lowest BCUT2D eigenvalue weighted by molar-refractivity contribution is -0.165. The summed E-state index contributed by atoms with van der Waals surface area (Å²) in [6.07, 6.45) is 6.25. The second kappa shape index (κ2) is 8.13. The molecule has 178 valence electrons. The number of ether oxygens (including phenoxy) is 3. The maximum Gasteiger partial charge on any atom is 0.231 e. The molecule has 0 atom stereocenters. The van der Waals surface area contributed by atoms with Gasteiger partial charge in [-0.05, 0) is 63.6 Å². The first kappa shape index (κ1) is 21.7. The van der Waals surface area contributed by atoms with Crippen molar-refractivity contribution >= 4 is 11.0 Å². The molecule has 1 aromatic carbocycles. The highest BCUT2D eigenvalue weighted by Gasteiger charge is 2.49. The fourth-order valence-electron chi connectivity index (χ4n) is 5.48. The largest absolute Gasteiger partial charge is 0.454 e. The molecule has 0 unspecified atom stereocenters. The van der Waals surface area contributed by atoms with Gasteiger partial charge in [-0.25, -0.2) is 8.78 Å². The third-order valence-electron chi connectivity index (χ3n) is 7.70. The number of halogens is 2. The van der Waals surface area contributed by atoms with Crippen molar-refractivity contribution in [3.63, 3.8) is 0 Å². The second-order valence-corrected chi connectivity index (χ2v) is 9.81. The van der Waals surface area contributed by atoms with Gasteiger partial charge >= 0.3 is 0 Å². The molecule has 4 aliphatic rings. The van der Waals surface area contributed by atoms with Gasteiger partial charge in [0, 0.05) is 35.0 Å². The van der Waals surface area contributed by atoms with Crippen molar-refractivity contribution in [2.24, 2.45) is 0 Å². The highest BCUT2D eigenvalue weighted by Crippen LogP contribution is 2.46. The van der Waals surface area contributed by atoms with E-state index in [4.69, 9.17) is 14.2 Å². The van der Waals surface area contributed by atoms with Crippen LogP contribution in [0.15, 0.2) is 30.5 Å². The Morgan fingerprint density at radius 3 is 2.59 bits per heavy atom. The summed E-state index contributed by atoms with van der Waals surface area (Å²) < 4.78 is 46.2. The van der Waals surface area contributed by atoms with E-state index in [1.165, 1.54) is 12.3 Å². The van der Waals surface area contributed by atoms with Crippen molar-refractivity contribution in [1.82, 2.24) is 15.3 Å². The molecular formula is C26H27F2N3O3. The third kappa shape index (κ3) is 3.79. The molecular weight excluding hydrogens is 440 g/mol. The number of hydrogen-bond donors (Lipinski definition) is 1. The van der Waals surface area contributed by atoms with Crippen LogP contribution in [0.1, 0.15) is 48.9 Å². The predicted molar refractivity (Wildman–Crippen MR) is 122 cm³/mol. The number of hydrogen-bond acceptors (Lipinski definition) is 6. The van der Waals surface area contributed by atoms with Crippen molar-refractivity contribution in [3.8, 4) is 11.5 Å². The SMILES string of the molecule is Cc1ccc2ncc(F)c(CCC34CCC(NCc5cc6c(cc5F)OCO6)(CC3)CO4)c2n1. The summed E-state index contributed by atoms with van der Waals surface area (Å²) in [5.41, 5.74) is 2.96. The first-order valence-corrected chi connectivity index (χ1v) is 11.8. The molecule has 3 aromatic rings. The molecule has 8 heteroatoms. The first-order chi connectivity index (χ1) is 16.4. The fourth-order valence-corrected chi connectivity index (χ4v) is 5.48. The molecule has 0 radical (unpaired) electrons. The van der Waals surface area contributed by atoms with Crippen LogP contribution in [-0.4, -0.2) is 34.5 Å². The lowest BCUT2D eigenvalue weighted by atomic mass is 9.69. The summed E-state index contributed by atoms with van der Waals surface area (Å²) in [6.45, 7) is 2.99. The van der Waals surface area contributed by atoms with Crippen LogP contribution < -0.4 is 14.8 Å². The molecule has 2 aromatic heterocycles. The molecule has 1 aliphatic carbocycles. The summed E-state index contributed by atoms with van der Waals surface area (Å²) >= 11 is 0. The molecule has 1 N–H and O–H groups in total. The van der Waals surface area contributed by atoms with E-state index < -0.39 is 0 Å². The van der Waals surface area contributed by atoms with Gasteiger partial charge < -0.3 is 19.5 Å². The van der Waals surface area contributed by atoms with E-state index in [-0.39, 0.29) is 29.6 Å². The van der Waals surface area contributed by atoms with Crippen molar-refractivity contribution in [2.75, 3.05) is 13.4 Å². The topological polar surface area (TPSA) is 65.5 Å². The van der Waals surface area contributed by atoms with Gasteiger partial charge in [0.2, 0.25) is 6.79 Å². The highest BCUT2D eigenvalue weighted by atomic mass is 19.1. The van der Waals surface area contributed by atoms with Gasteiger partial charge in [-0.3, -0.25) is 9.97 Å². The molecule has 34 heavy (non-hydrogen) atoms. The number of aryl methyl sites for hydroxylation is 2. The van der Waals surface area contributed by atoms with Gasteiger partial charge in [-0.15, -0.1) is 0 Å².